The van der Waals surface area contributed by atoms with Crippen LogP contribution in [0.2, 0.25) is 0 Å². The average molecular weight is 287 g/mol. The minimum absolute atomic E-state index is 0.0373. The van der Waals surface area contributed by atoms with E-state index in [0.717, 1.165) is 23.1 Å². The highest BCUT2D eigenvalue weighted by atomic mass is 79.9. The number of ether oxygens (including phenoxy) is 1. The van der Waals surface area contributed by atoms with Gasteiger partial charge in [-0.3, -0.25) is 0 Å². The van der Waals surface area contributed by atoms with Crippen molar-refractivity contribution >= 4 is 15.9 Å². The van der Waals surface area contributed by atoms with Crippen molar-refractivity contribution in [1.82, 2.24) is 15.0 Å². The van der Waals surface area contributed by atoms with Gasteiger partial charge in [-0.05, 0) is 35.2 Å². The first-order valence-electron chi connectivity index (χ1n) is 5.63. The first-order valence-corrected chi connectivity index (χ1v) is 6.42. The lowest BCUT2D eigenvalue weighted by Gasteiger charge is -2.25. The predicted molar refractivity (Wildman–Crippen MR) is 61.6 cm³/mol. The molecule has 2 saturated heterocycles. The van der Waals surface area contributed by atoms with E-state index in [0.29, 0.717) is 18.1 Å². The second-order valence-electron chi connectivity index (χ2n) is 4.69. The van der Waals surface area contributed by atoms with Gasteiger partial charge in [-0.1, -0.05) is 5.21 Å². The molecule has 4 unspecified atom stereocenters. The number of aryl methyl sites for hydroxylation is 1. The Morgan fingerprint density at radius 2 is 2.38 bits per heavy atom. The average Bonchev–Trinajstić information content (AvgIpc) is 2.93. The third-order valence-corrected chi connectivity index (χ3v) is 4.32. The Balaban J connectivity index is 1.85. The highest BCUT2D eigenvalue weighted by Gasteiger charge is 2.44. The molecule has 0 amide bonds. The maximum absolute atomic E-state index is 6.32. The van der Waals surface area contributed by atoms with Crippen molar-refractivity contribution in [2.45, 2.75) is 37.5 Å². The van der Waals surface area contributed by atoms with Crippen molar-refractivity contribution in [2.24, 2.45) is 18.7 Å². The van der Waals surface area contributed by atoms with Crippen LogP contribution in [0, 0.1) is 5.92 Å². The summed E-state index contributed by atoms with van der Waals surface area (Å²) in [6.45, 7) is 0. The zero-order valence-corrected chi connectivity index (χ0v) is 10.7. The van der Waals surface area contributed by atoms with E-state index >= 15 is 0 Å². The van der Waals surface area contributed by atoms with Gasteiger partial charge in [-0.2, -0.15) is 0 Å². The van der Waals surface area contributed by atoms with Gasteiger partial charge in [-0.15, -0.1) is 5.10 Å². The zero-order valence-electron chi connectivity index (χ0n) is 9.14. The lowest BCUT2D eigenvalue weighted by molar-refractivity contribution is 0.0879. The van der Waals surface area contributed by atoms with Crippen molar-refractivity contribution in [2.75, 3.05) is 0 Å². The Morgan fingerprint density at radius 3 is 2.88 bits per heavy atom. The molecule has 0 aromatic carbocycles. The van der Waals surface area contributed by atoms with Crippen LogP contribution in [-0.4, -0.2) is 27.2 Å². The smallest absolute Gasteiger partial charge is 0.153 e. The Bertz CT molecular complexity index is 388. The molecule has 1 aromatic rings. The molecule has 16 heavy (non-hydrogen) atoms. The number of rotatable bonds is 2. The van der Waals surface area contributed by atoms with Gasteiger partial charge in [-0.25, -0.2) is 4.68 Å². The summed E-state index contributed by atoms with van der Waals surface area (Å²) in [5.74, 6) is 0.409. The summed E-state index contributed by atoms with van der Waals surface area (Å²) in [5, 5.41) is 7.95. The predicted octanol–water partition coefficient (Wildman–Crippen LogP) is 1.14. The van der Waals surface area contributed by atoms with E-state index < -0.39 is 0 Å². The highest BCUT2D eigenvalue weighted by molar-refractivity contribution is 9.10. The quantitative estimate of drug-likeness (QED) is 0.886. The van der Waals surface area contributed by atoms with Crippen LogP contribution in [0.4, 0.5) is 0 Å². The summed E-state index contributed by atoms with van der Waals surface area (Å²) < 4.78 is 8.34. The van der Waals surface area contributed by atoms with Crippen LogP contribution in [-0.2, 0) is 11.8 Å². The molecule has 0 spiro atoms. The van der Waals surface area contributed by atoms with Crippen molar-refractivity contribution < 1.29 is 4.74 Å². The monoisotopic (exact) mass is 286 g/mol. The van der Waals surface area contributed by atoms with E-state index in [1.165, 1.54) is 6.42 Å². The fourth-order valence-corrected chi connectivity index (χ4v) is 3.54. The van der Waals surface area contributed by atoms with Crippen LogP contribution in [0.25, 0.3) is 0 Å². The summed E-state index contributed by atoms with van der Waals surface area (Å²) in [4.78, 5) is 0. The van der Waals surface area contributed by atoms with E-state index in [2.05, 4.69) is 26.2 Å². The molecule has 6 heteroatoms. The summed E-state index contributed by atoms with van der Waals surface area (Å²) in [6, 6.07) is -0.0373. The molecule has 2 bridgehead atoms. The van der Waals surface area contributed by atoms with Crippen LogP contribution >= 0.6 is 15.9 Å². The molecule has 2 N–H and O–H groups in total. The maximum atomic E-state index is 6.32. The van der Waals surface area contributed by atoms with Gasteiger partial charge in [0.15, 0.2) is 4.60 Å². The largest absolute Gasteiger partial charge is 0.375 e. The summed E-state index contributed by atoms with van der Waals surface area (Å²) in [7, 11) is 1.88. The van der Waals surface area contributed by atoms with Crippen molar-refractivity contribution in [1.29, 1.82) is 0 Å². The van der Waals surface area contributed by atoms with E-state index in [4.69, 9.17) is 10.5 Å². The third kappa shape index (κ3) is 1.51. The topological polar surface area (TPSA) is 66.0 Å². The van der Waals surface area contributed by atoms with Gasteiger partial charge in [0.05, 0.1) is 23.9 Å². The van der Waals surface area contributed by atoms with Gasteiger partial charge in [0.1, 0.15) is 0 Å². The first kappa shape index (κ1) is 10.7. The van der Waals surface area contributed by atoms with E-state index in [1.54, 1.807) is 4.68 Å². The molecule has 0 aliphatic carbocycles. The highest BCUT2D eigenvalue weighted by Crippen LogP contribution is 2.44. The zero-order chi connectivity index (χ0) is 11.3. The van der Waals surface area contributed by atoms with Crippen molar-refractivity contribution in [3.63, 3.8) is 0 Å². The number of nitrogens with zero attached hydrogens (tertiary/aromatic N) is 3. The van der Waals surface area contributed by atoms with Crippen molar-refractivity contribution in [3.8, 4) is 0 Å². The molecule has 2 aliphatic rings. The van der Waals surface area contributed by atoms with Gasteiger partial charge in [0, 0.05) is 13.0 Å². The number of hydrogen-bond donors (Lipinski definition) is 1. The molecule has 3 rings (SSSR count). The second kappa shape index (κ2) is 3.78. The van der Waals surface area contributed by atoms with Crippen LogP contribution < -0.4 is 5.73 Å². The molecule has 4 atom stereocenters. The molecule has 2 aliphatic heterocycles. The Hall–Kier alpha value is -0.460. The van der Waals surface area contributed by atoms with E-state index in [9.17, 15) is 0 Å². The van der Waals surface area contributed by atoms with Crippen LogP contribution in [0.5, 0.6) is 0 Å². The normalized spacial score (nSPS) is 34.6. The fraction of sp³-hybridized carbons (Fsp3) is 0.800. The molecule has 0 radical (unpaired) electrons. The number of fused-ring (bicyclic) bond motifs is 2. The Morgan fingerprint density at radius 1 is 1.56 bits per heavy atom. The number of nitrogens with two attached hydrogens (primary N) is 1. The van der Waals surface area contributed by atoms with Crippen LogP contribution in [0.15, 0.2) is 4.60 Å². The SMILES string of the molecule is Cn1nnc(Br)c1C(N)C1CC2CCC1O2. The van der Waals surface area contributed by atoms with Gasteiger partial charge in [0.2, 0.25) is 0 Å². The van der Waals surface area contributed by atoms with Crippen molar-refractivity contribution in [3.05, 3.63) is 10.3 Å². The summed E-state index contributed by atoms with van der Waals surface area (Å²) in [5.41, 5.74) is 7.30. The molecular formula is C10H15BrN4O. The molecular weight excluding hydrogens is 272 g/mol. The molecule has 1 aromatic heterocycles. The van der Waals surface area contributed by atoms with Gasteiger partial charge < -0.3 is 10.5 Å². The molecule has 2 fully saturated rings. The standard InChI is InChI=1S/C10H15BrN4O/c1-15-9(10(11)13-14-15)8(12)6-4-5-2-3-7(6)16-5/h5-8H,2-4,12H2,1H3. The van der Waals surface area contributed by atoms with Crippen LogP contribution in [0.3, 0.4) is 0 Å². The first-order chi connectivity index (χ1) is 7.66. The number of hydrogen-bond acceptors (Lipinski definition) is 4. The number of aromatic nitrogens is 3. The maximum Gasteiger partial charge on any atom is 0.153 e. The van der Waals surface area contributed by atoms with Crippen LogP contribution in [0.1, 0.15) is 31.0 Å². The Labute approximate surface area is 102 Å². The number of halogens is 1. The minimum Gasteiger partial charge on any atom is -0.375 e. The third-order valence-electron chi connectivity index (χ3n) is 3.76. The van der Waals surface area contributed by atoms with E-state index in [1.807, 2.05) is 7.05 Å². The molecule has 0 saturated carbocycles. The minimum atomic E-state index is -0.0373. The molecule has 5 nitrogen and oxygen atoms in total. The summed E-state index contributed by atoms with van der Waals surface area (Å²) >= 11 is 3.40. The lowest BCUT2D eigenvalue weighted by Crippen LogP contribution is -2.31. The Kier molecular flexibility index (Phi) is 2.53. The van der Waals surface area contributed by atoms with E-state index in [-0.39, 0.29) is 6.04 Å². The fourth-order valence-electron chi connectivity index (χ4n) is 2.95. The molecule has 88 valence electrons. The summed E-state index contributed by atoms with van der Waals surface area (Å²) in [6.07, 6.45) is 4.18. The lowest BCUT2D eigenvalue weighted by atomic mass is 9.83. The molecule has 3 heterocycles. The second-order valence-corrected chi connectivity index (χ2v) is 5.44. The van der Waals surface area contributed by atoms with Gasteiger partial charge in [0.25, 0.3) is 0 Å². The van der Waals surface area contributed by atoms with Gasteiger partial charge >= 0.3 is 0 Å².